The summed E-state index contributed by atoms with van der Waals surface area (Å²) in [5.41, 5.74) is 0.204. The van der Waals surface area contributed by atoms with E-state index in [2.05, 4.69) is 20.6 Å². The maximum Gasteiger partial charge on any atom is 0.270 e. The van der Waals surface area contributed by atoms with E-state index in [9.17, 15) is 13.2 Å². The molecule has 8 nitrogen and oxygen atoms in total. The van der Waals surface area contributed by atoms with Crippen molar-refractivity contribution in [2.24, 2.45) is 0 Å². The zero-order valence-corrected chi connectivity index (χ0v) is 13.0. The van der Waals surface area contributed by atoms with Crippen molar-refractivity contribution in [2.45, 2.75) is 19.0 Å². The van der Waals surface area contributed by atoms with Crippen LogP contribution in [0, 0.1) is 0 Å². The molecule has 0 bridgehead atoms. The number of hydrogen-bond donors (Lipinski definition) is 2. The summed E-state index contributed by atoms with van der Waals surface area (Å²) in [4.78, 5) is 20.0. The van der Waals surface area contributed by atoms with Gasteiger partial charge in [-0.25, -0.2) is 18.4 Å². The Hall–Kier alpha value is -2.42. The van der Waals surface area contributed by atoms with E-state index in [1.165, 1.54) is 18.7 Å². The minimum atomic E-state index is -2.97. The second-order valence-corrected chi connectivity index (χ2v) is 7.52. The van der Waals surface area contributed by atoms with Crippen LogP contribution in [0.4, 0.5) is 5.82 Å². The van der Waals surface area contributed by atoms with Gasteiger partial charge in [-0.15, -0.1) is 0 Å². The van der Waals surface area contributed by atoms with Gasteiger partial charge in [0.1, 0.15) is 23.6 Å². The third-order valence-electron chi connectivity index (χ3n) is 3.49. The molecule has 2 N–H and O–H groups in total. The molecule has 0 aromatic carbocycles. The second-order valence-electron chi connectivity index (χ2n) is 5.29. The number of anilines is 1. The van der Waals surface area contributed by atoms with Gasteiger partial charge >= 0.3 is 0 Å². The highest BCUT2D eigenvalue weighted by Crippen LogP contribution is 2.16. The molecule has 1 aliphatic heterocycles. The van der Waals surface area contributed by atoms with Crippen LogP contribution in [0.3, 0.4) is 0 Å². The lowest BCUT2D eigenvalue weighted by Crippen LogP contribution is -2.25. The highest BCUT2D eigenvalue weighted by Gasteiger charge is 2.28. The van der Waals surface area contributed by atoms with Crippen LogP contribution in [0.15, 0.2) is 35.2 Å². The minimum absolute atomic E-state index is 0.0804. The predicted octanol–water partition coefficient (Wildman–Crippen LogP) is 0.599. The first-order chi connectivity index (χ1) is 11.0. The number of aromatic nitrogens is 2. The molecule has 1 aliphatic rings. The highest BCUT2D eigenvalue weighted by molar-refractivity contribution is 7.91. The minimum Gasteiger partial charge on any atom is -0.467 e. The van der Waals surface area contributed by atoms with Crippen molar-refractivity contribution in [1.29, 1.82) is 0 Å². The molecule has 3 heterocycles. The van der Waals surface area contributed by atoms with Crippen LogP contribution in [0.25, 0.3) is 0 Å². The SMILES string of the molecule is O=C(NCc1ccco1)c1cc(NC2CCS(=O)(=O)C2)ncn1. The van der Waals surface area contributed by atoms with Crippen molar-refractivity contribution in [1.82, 2.24) is 15.3 Å². The van der Waals surface area contributed by atoms with Crippen LogP contribution in [-0.4, -0.2) is 41.8 Å². The molecule has 9 heteroatoms. The van der Waals surface area contributed by atoms with Crippen LogP contribution in [-0.2, 0) is 16.4 Å². The summed E-state index contributed by atoms with van der Waals surface area (Å²) in [6.07, 6.45) is 3.34. The quantitative estimate of drug-likeness (QED) is 0.821. The first kappa shape index (κ1) is 15.5. The molecule has 3 rings (SSSR count). The Labute approximate surface area is 133 Å². The fraction of sp³-hybridized carbons (Fsp3) is 0.357. The van der Waals surface area contributed by atoms with Crippen LogP contribution in [0.1, 0.15) is 22.7 Å². The lowest BCUT2D eigenvalue weighted by molar-refractivity contribution is 0.0943. The van der Waals surface area contributed by atoms with Crippen molar-refractivity contribution in [3.8, 4) is 0 Å². The first-order valence-electron chi connectivity index (χ1n) is 7.11. The van der Waals surface area contributed by atoms with Gasteiger partial charge in [-0.2, -0.15) is 0 Å². The number of hydrogen-bond acceptors (Lipinski definition) is 7. The molecule has 0 aliphatic carbocycles. The number of carbonyl (C=O) groups excluding carboxylic acids is 1. The molecular weight excluding hydrogens is 320 g/mol. The van der Waals surface area contributed by atoms with Gasteiger partial charge in [0.15, 0.2) is 9.84 Å². The van der Waals surface area contributed by atoms with Gasteiger partial charge < -0.3 is 15.1 Å². The molecule has 0 spiro atoms. The number of amides is 1. The standard InChI is InChI=1S/C14H16N4O4S/c19-14(15-7-11-2-1-4-22-11)12-6-13(17-9-16-12)18-10-3-5-23(20,21)8-10/h1-2,4,6,9-10H,3,5,7-8H2,(H,15,19)(H,16,17,18). The summed E-state index contributed by atoms with van der Waals surface area (Å²) >= 11 is 0. The molecule has 0 radical (unpaired) electrons. The zero-order valence-electron chi connectivity index (χ0n) is 12.2. The normalized spacial score (nSPS) is 19.4. The molecule has 122 valence electrons. The van der Waals surface area contributed by atoms with Gasteiger partial charge in [0.25, 0.3) is 5.91 Å². The molecule has 0 saturated carbocycles. The summed E-state index contributed by atoms with van der Waals surface area (Å²) in [5, 5.41) is 5.72. The van der Waals surface area contributed by atoms with E-state index in [1.807, 2.05) is 0 Å². The van der Waals surface area contributed by atoms with Gasteiger partial charge in [-0.3, -0.25) is 4.79 Å². The van der Waals surface area contributed by atoms with E-state index in [4.69, 9.17) is 4.42 Å². The van der Waals surface area contributed by atoms with E-state index in [0.717, 1.165) is 0 Å². The fourth-order valence-corrected chi connectivity index (χ4v) is 4.02. The van der Waals surface area contributed by atoms with Crippen LogP contribution < -0.4 is 10.6 Å². The molecule has 1 fully saturated rings. The summed E-state index contributed by atoms with van der Waals surface area (Å²) in [7, 11) is -2.97. The average Bonchev–Trinajstić information content (AvgIpc) is 3.14. The summed E-state index contributed by atoms with van der Waals surface area (Å²) in [5.74, 6) is 0.974. The summed E-state index contributed by atoms with van der Waals surface area (Å²) in [6, 6.07) is 4.81. The summed E-state index contributed by atoms with van der Waals surface area (Å²) < 4.78 is 28.1. The van der Waals surface area contributed by atoms with Gasteiger partial charge in [0.2, 0.25) is 0 Å². The highest BCUT2D eigenvalue weighted by atomic mass is 32.2. The van der Waals surface area contributed by atoms with E-state index in [-0.39, 0.29) is 35.7 Å². The molecule has 1 unspecified atom stereocenters. The Kier molecular flexibility index (Phi) is 4.28. The first-order valence-corrected chi connectivity index (χ1v) is 8.93. The topological polar surface area (TPSA) is 114 Å². The van der Waals surface area contributed by atoms with E-state index >= 15 is 0 Å². The lowest BCUT2D eigenvalue weighted by atomic mass is 10.2. The monoisotopic (exact) mass is 336 g/mol. The van der Waals surface area contributed by atoms with Crippen LogP contribution >= 0.6 is 0 Å². The molecule has 2 aromatic rings. The second kappa shape index (κ2) is 6.37. The fourth-order valence-electron chi connectivity index (χ4n) is 2.35. The van der Waals surface area contributed by atoms with Gasteiger partial charge in [0, 0.05) is 12.1 Å². The average molecular weight is 336 g/mol. The number of nitrogens with zero attached hydrogens (tertiary/aromatic N) is 2. The third kappa shape index (κ3) is 4.07. The molecule has 2 aromatic heterocycles. The van der Waals surface area contributed by atoms with Crippen molar-refractivity contribution < 1.29 is 17.6 Å². The van der Waals surface area contributed by atoms with E-state index in [1.54, 1.807) is 12.1 Å². The Morgan fingerprint density at radius 1 is 1.39 bits per heavy atom. The Bertz CT molecular complexity index is 789. The van der Waals surface area contributed by atoms with Crippen LogP contribution in [0.2, 0.25) is 0 Å². The van der Waals surface area contributed by atoms with E-state index < -0.39 is 9.84 Å². The molecular formula is C14H16N4O4S. The van der Waals surface area contributed by atoms with Crippen LogP contribution in [0.5, 0.6) is 0 Å². The van der Waals surface area contributed by atoms with Gasteiger partial charge in [-0.1, -0.05) is 0 Å². The van der Waals surface area contributed by atoms with Crippen molar-refractivity contribution in [3.05, 3.63) is 42.2 Å². The molecule has 23 heavy (non-hydrogen) atoms. The molecule has 1 saturated heterocycles. The lowest BCUT2D eigenvalue weighted by Gasteiger charge is -2.11. The number of rotatable bonds is 5. The third-order valence-corrected chi connectivity index (χ3v) is 5.26. The van der Waals surface area contributed by atoms with Gasteiger partial charge in [-0.05, 0) is 18.6 Å². The van der Waals surface area contributed by atoms with Crippen molar-refractivity contribution in [3.63, 3.8) is 0 Å². The molecule has 1 atom stereocenters. The number of sulfone groups is 1. The maximum atomic E-state index is 12.1. The Balaban J connectivity index is 1.61. The summed E-state index contributed by atoms with van der Waals surface area (Å²) in [6.45, 7) is 0.263. The molecule has 1 amide bonds. The number of nitrogens with one attached hydrogen (secondary N) is 2. The van der Waals surface area contributed by atoms with Gasteiger partial charge in [0.05, 0.1) is 24.3 Å². The zero-order chi connectivity index (χ0) is 16.3. The maximum absolute atomic E-state index is 12.1. The smallest absolute Gasteiger partial charge is 0.270 e. The van der Waals surface area contributed by atoms with Crippen molar-refractivity contribution in [2.75, 3.05) is 16.8 Å². The largest absolute Gasteiger partial charge is 0.467 e. The number of furan rings is 1. The Morgan fingerprint density at radius 2 is 2.26 bits per heavy atom. The predicted molar refractivity (Wildman–Crippen MR) is 82.6 cm³/mol. The number of carbonyl (C=O) groups is 1. The Morgan fingerprint density at radius 3 is 2.96 bits per heavy atom. The van der Waals surface area contributed by atoms with E-state index in [0.29, 0.717) is 18.0 Å². The van der Waals surface area contributed by atoms with Crippen molar-refractivity contribution >= 4 is 21.6 Å².